The highest BCUT2D eigenvalue weighted by Gasteiger charge is 2.21. The third-order valence-electron chi connectivity index (χ3n) is 4.01. The molecule has 0 spiro atoms. The fourth-order valence-electron chi connectivity index (χ4n) is 2.63. The Balaban J connectivity index is 1.83. The molecule has 3 rings (SSSR count). The van der Waals surface area contributed by atoms with Crippen molar-refractivity contribution >= 4 is 23.7 Å². The maximum atomic E-state index is 12.3. The van der Waals surface area contributed by atoms with E-state index in [2.05, 4.69) is 15.6 Å². The van der Waals surface area contributed by atoms with Crippen molar-refractivity contribution in [3.8, 4) is 11.3 Å². The molecule has 1 atom stereocenters. The lowest BCUT2D eigenvalue weighted by atomic mass is 10.2. The Morgan fingerprint density at radius 1 is 1.21 bits per heavy atom. The standard InChI is InChI=1S/C20H22N4O3S/c1-3-21-19(26)23-18(25)14(2)28-20-22-12-17(15-8-5-4-6-9-15)24(20)13-16-10-7-11-27-16/h4-12,14H,3,13H2,1-2H3,(H2,21,23,25,26). The van der Waals surface area contributed by atoms with Gasteiger partial charge in [0.05, 0.1) is 29.9 Å². The van der Waals surface area contributed by atoms with Crippen molar-refractivity contribution in [3.05, 3.63) is 60.7 Å². The number of aromatic nitrogens is 2. The number of hydrogen-bond donors (Lipinski definition) is 2. The highest BCUT2D eigenvalue weighted by molar-refractivity contribution is 8.00. The Kier molecular flexibility index (Phi) is 6.54. The van der Waals surface area contributed by atoms with Crippen LogP contribution in [0.4, 0.5) is 4.79 Å². The van der Waals surface area contributed by atoms with Crippen molar-refractivity contribution in [1.29, 1.82) is 0 Å². The normalized spacial score (nSPS) is 11.8. The van der Waals surface area contributed by atoms with Gasteiger partial charge in [-0.3, -0.25) is 10.1 Å². The van der Waals surface area contributed by atoms with Crippen LogP contribution in [-0.2, 0) is 11.3 Å². The zero-order valence-electron chi connectivity index (χ0n) is 15.7. The maximum absolute atomic E-state index is 12.3. The number of amides is 3. The first-order chi connectivity index (χ1) is 13.6. The number of nitrogens with zero attached hydrogens (tertiary/aromatic N) is 2. The van der Waals surface area contributed by atoms with E-state index in [0.717, 1.165) is 17.0 Å². The third kappa shape index (κ3) is 4.83. The zero-order chi connectivity index (χ0) is 19.9. The SMILES string of the molecule is CCNC(=O)NC(=O)C(C)Sc1ncc(-c2ccccc2)n1Cc1ccco1. The van der Waals surface area contributed by atoms with Gasteiger partial charge in [-0.05, 0) is 31.5 Å². The Bertz CT molecular complexity index is 922. The van der Waals surface area contributed by atoms with Gasteiger partial charge in [-0.15, -0.1) is 0 Å². The molecule has 2 N–H and O–H groups in total. The first-order valence-electron chi connectivity index (χ1n) is 8.97. The molecule has 1 aromatic carbocycles. The molecule has 0 aliphatic rings. The Morgan fingerprint density at radius 2 is 2.00 bits per heavy atom. The van der Waals surface area contributed by atoms with E-state index in [4.69, 9.17) is 4.42 Å². The number of carbonyl (C=O) groups excluding carboxylic acids is 2. The molecule has 146 valence electrons. The second-order valence-corrected chi connectivity index (χ2v) is 7.37. The van der Waals surface area contributed by atoms with Crippen LogP contribution in [0.15, 0.2) is 64.5 Å². The smallest absolute Gasteiger partial charge is 0.321 e. The maximum Gasteiger partial charge on any atom is 0.321 e. The van der Waals surface area contributed by atoms with Gasteiger partial charge >= 0.3 is 6.03 Å². The molecule has 3 amide bonds. The number of hydrogen-bond acceptors (Lipinski definition) is 5. The number of carbonyl (C=O) groups is 2. The molecule has 0 aliphatic heterocycles. The number of nitrogens with one attached hydrogen (secondary N) is 2. The molecule has 1 unspecified atom stereocenters. The van der Waals surface area contributed by atoms with Crippen molar-refractivity contribution in [2.45, 2.75) is 30.8 Å². The van der Waals surface area contributed by atoms with Crippen molar-refractivity contribution in [1.82, 2.24) is 20.2 Å². The van der Waals surface area contributed by atoms with E-state index in [1.807, 2.05) is 47.0 Å². The fraction of sp³-hybridized carbons (Fsp3) is 0.250. The van der Waals surface area contributed by atoms with E-state index in [1.165, 1.54) is 11.8 Å². The molecule has 2 heterocycles. The summed E-state index contributed by atoms with van der Waals surface area (Å²) >= 11 is 1.29. The van der Waals surface area contributed by atoms with Crippen molar-refractivity contribution < 1.29 is 14.0 Å². The number of benzene rings is 1. The summed E-state index contributed by atoms with van der Waals surface area (Å²) in [5, 5.41) is 5.07. The van der Waals surface area contributed by atoms with Gasteiger partial charge < -0.3 is 14.3 Å². The predicted octanol–water partition coefficient (Wildman–Crippen LogP) is 3.52. The number of furan rings is 1. The van der Waals surface area contributed by atoms with E-state index in [9.17, 15) is 9.59 Å². The van der Waals surface area contributed by atoms with Gasteiger partial charge in [0.1, 0.15) is 5.76 Å². The Labute approximate surface area is 167 Å². The Hall–Kier alpha value is -3.00. The number of imidazole rings is 1. The molecule has 3 aromatic rings. The predicted molar refractivity (Wildman–Crippen MR) is 108 cm³/mol. The minimum absolute atomic E-state index is 0.371. The lowest BCUT2D eigenvalue weighted by Gasteiger charge is -2.14. The minimum atomic E-state index is -0.496. The first-order valence-corrected chi connectivity index (χ1v) is 9.85. The highest BCUT2D eigenvalue weighted by atomic mass is 32.2. The molecule has 28 heavy (non-hydrogen) atoms. The molecule has 0 aliphatic carbocycles. The zero-order valence-corrected chi connectivity index (χ0v) is 16.5. The summed E-state index contributed by atoms with van der Waals surface area (Å²) in [5.41, 5.74) is 1.95. The van der Waals surface area contributed by atoms with Gasteiger partial charge in [0, 0.05) is 6.54 Å². The average Bonchev–Trinajstić information content (AvgIpc) is 3.33. The first kappa shape index (κ1) is 19.8. The van der Waals surface area contributed by atoms with Gasteiger partial charge in [0.25, 0.3) is 0 Å². The average molecular weight is 398 g/mol. The van der Waals surface area contributed by atoms with Gasteiger partial charge in [-0.25, -0.2) is 9.78 Å². The second kappa shape index (κ2) is 9.27. The molecular weight excluding hydrogens is 376 g/mol. The van der Waals surface area contributed by atoms with Crippen molar-refractivity contribution in [2.75, 3.05) is 6.54 Å². The van der Waals surface area contributed by atoms with Crippen molar-refractivity contribution in [2.24, 2.45) is 0 Å². The van der Waals surface area contributed by atoms with Crippen LogP contribution in [0.1, 0.15) is 19.6 Å². The summed E-state index contributed by atoms with van der Waals surface area (Å²) in [7, 11) is 0. The molecule has 2 aromatic heterocycles. The summed E-state index contributed by atoms with van der Waals surface area (Å²) in [5.74, 6) is 0.418. The lowest BCUT2D eigenvalue weighted by Crippen LogP contribution is -2.42. The van der Waals surface area contributed by atoms with Crippen LogP contribution in [0.3, 0.4) is 0 Å². The molecule has 0 radical (unpaired) electrons. The molecule has 0 fully saturated rings. The molecule has 0 saturated heterocycles. The summed E-state index contributed by atoms with van der Waals surface area (Å²) in [6, 6.07) is 13.1. The van der Waals surface area contributed by atoms with Crippen LogP contribution in [0.2, 0.25) is 0 Å². The summed E-state index contributed by atoms with van der Waals surface area (Å²) in [6.07, 6.45) is 3.42. The third-order valence-corrected chi connectivity index (χ3v) is 5.11. The Morgan fingerprint density at radius 3 is 2.68 bits per heavy atom. The fourth-order valence-corrected chi connectivity index (χ4v) is 3.52. The number of imide groups is 1. The molecule has 0 saturated carbocycles. The number of urea groups is 1. The number of thioether (sulfide) groups is 1. The van der Waals surface area contributed by atoms with E-state index >= 15 is 0 Å². The van der Waals surface area contributed by atoms with E-state index < -0.39 is 11.3 Å². The largest absolute Gasteiger partial charge is 0.467 e. The summed E-state index contributed by atoms with van der Waals surface area (Å²) in [6.45, 7) is 4.48. The van der Waals surface area contributed by atoms with Gasteiger partial charge in [0.15, 0.2) is 5.16 Å². The van der Waals surface area contributed by atoms with E-state index in [0.29, 0.717) is 18.2 Å². The van der Waals surface area contributed by atoms with Gasteiger partial charge in [-0.2, -0.15) is 0 Å². The summed E-state index contributed by atoms with van der Waals surface area (Å²) in [4.78, 5) is 28.4. The molecule has 8 heteroatoms. The van der Waals surface area contributed by atoms with Crippen LogP contribution in [0.5, 0.6) is 0 Å². The van der Waals surface area contributed by atoms with Crippen molar-refractivity contribution in [3.63, 3.8) is 0 Å². The van der Waals surface area contributed by atoms with Crippen LogP contribution in [0, 0.1) is 0 Å². The molecule has 0 bridgehead atoms. The quantitative estimate of drug-likeness (QED) is 0.595. The molecule has 7 nitrogen and oxygen atoms in total. The number of rotatable bonds is 7. The van der Waals surface area contributed by atoms with Crippen LogP contribution in [0.25, 0.3) is 11.3 Å². The van der Waals surface area contributed by atoms with E-state index in [1.54, 1.807) is 26.3 Å². The topological polar surface area (TPSA) is 89.2 Å². The molecular formula is C20H22N4O3S. The van der Waals surface area contributed by atoms with E-state index in [-0.39, 0.29) is 5.91 Å². The lowest BCUT2D eigenvalue weighted by molar-refractivity contribution is -0.119. The highest BCUT2D eigenvalue weighted by Crippen LogP contribution is 2.29. The van der Waals surface area contributed by atoms with Gasteiger partial charge in [-0.1, -0.05) is 42.1 Å². The van der Waals surface area contributed by atoms with Gasteiger partial charge in [0.2, 0.25) is 5.91 Å². The second-order valence-electron chi connectivity index (χ2n) is 6.07. The van der Waals surface area contributed by atoms with Crippen LogP contribution >= 0.6 is 11.8 Å². The minimum Gasteiger partial charge on any atom is -0.467 e. The summed E-state index contributed by atoms with van der Waals surface area (Å²) < 4.78 is 7.50. The van der Waals surface area contributed by atoms with Crippen LogP contribution < -0.4 is 10.6 Å². The monoisotopic (exact) mass is 398 g/mol. The van der Waals surface area contributed by atoms with Crippen LogP contribution in [-0.4, -0.2) is 33.3 Å².